The molecule has 0 bridgehead atoms. The molecule has 1 aromatic carbocycles. The third-order valence-electron chi connectivity index (χ3n) is 3.54. The average molecular weight is 266 g/mol. The Labute approximate surface area is 117 Å². The fourth-order valence-electron chi connectivity index (χ4n) is 2.46. The molecule has 2 rings (SSSR count). The summed E-state index contributed by atoms with van der Waals surface area (Å²) in [6, 6.07) is 4.24. The Morgan fingerprint density at radius 1 is 1.11 bits per heavy atom. The van der Waals surface area contributed by atoms with Gasteiger partial charge in [-0.3, -0.25) is 0 Å². The molecule has 1 heterocycles. The van der Waals surface area contributed by atoms with Gasteiger partial charge in [0.05, 0.1) is 0 Å². The normalized spacial score (nSPS) is 17.7. The summed E-state index contributed by atoms with van der Waals surface area (Å²) in [7, 11) is 0.903. The molecule has 1 aliphatic heterocycles. The Morgan fingerprint density at radius 3 is 2.47 bits per heavy atom. The van der Waals surface area contributed by atoms with Crippen molar-refractivity contribution in [2.75, 3.05) is 6.16 Å². The van der Waals surface area contributed by atoms with Crippen molar-refractivity contribution in [3.8, 4) is 0 Å². The van der Waals surface area contributed by atoms with Gasteiger partial charge in [0.25, 0.3) is 0 Å². The van der Waals surface area contributed by atoms with Gasteiger partial charge in [0.15, 0.2) is 0 Å². The zero-order chi connectivity index (χ0) is 14.0. The second-order valence-electron chi connectivity index (χ2n) is 4.67. The van der Waals surface area contributed by atoms with E-state index in [9.17, 15) is 0 Å². The van der Waals surface area contributed by atoms with Crippen LogP contribution in [0.1, 0.15) is 11.1 Å². The first kappa shape index (κ1) is 13.8. The lowest BCUT2D eigenvalue weighted by Gasteiger charge is -2.23. The summed E-state index contributed by atoms with van der Waals surface area (Å²) in [6.07, 6.45) is 5.87. The quantitative estimate of drug-likeness (QED) is 0.581. The van der Waals surface area contributed by atoms with E-state index in [2.05, 4.69) is 45.0 Å². The zero-order valence-corrected chi connectivity index (χ0v) is 12.3. The summed E-state index contributed by atoms with van der Waals surface area (Å²) in [5.74, 6) is 0. The lowest BCUT2D eigenvalue weighted by Crippen LogP contribution is -2.28. The standard InChI is InChI=1S/C18H19P/c1-6-12(3)16(7-2)17-11-19-10-15-9-8-13(4)14(5)18(15)17/h6-9,19H,1-5,10-11H2/b17-16+. The Morgan fingerprint density at radius 2 is 1.84 bits per heavy atom. The highest BCUT2D eigenvalue weighted by Crippen LogP contribution is 2.37. The van der Waals surface area contributed by atoms with Gasteiger partial charge in [-0.05, 0) is 50.6 Å². The van der Waals surface area contributed by atoms with Crippen molar-refractivity contribution in [1.82, 2.24) is 0 Å². The summed E-state index contributed by atoms with van der Waals surface area (Å²) in [5, 5.41) is 2.03. The molecule has 0 radical (unpaired) electrons. The highest BCUT2D eigenvalue weighted by atomic mass is 31.1. The van der Waals surface area contributed by atoms with Crippen LogP contribution in [0.4, 0.5) is 0 Å². The Kier molecular flexibility index (Phi) is 4.02. The van der Waals surface area contributed by atoms with E-state index in [-0.39, 0.29) is 0 Å². The number of rotatable bonds is 3. The summed E-state index contributed by atoms with van der Waals surface area (Å²) in [6.45, 7) is 20.1. The second-order valence-corrected chi connectivity index (χ2v) is 5.87. The predicted octanol–water partition coefficient (Wildman–Crippen LogP) is 3.38. The number of allylic oxidation sites excluding steroid dienone is 5. The molecule has 0 nitrogen and oxygen atoms in total. The Bertz CT molecular complexity index is 689. The van der Waals surface area contributed by atoms with E-state index in [4.69, 9.17) is 0 Å². The largest absolute Gasteiger partial charge is 0.113 e. The van der Waals surface area contributed by atoms with Crippen LogP contribution in [-0.2, 0) is 6.16 Å². The van der Waals surface area contributed by atoms with Crippen molar-refractivity contribution in [2.45, 2.75) is 6.16 Å². The fraction of sp³-hybridized carbons (Fsp3) is 0.111. The molecule has 1 aromatic rings. The maximum atomic E-state index is 4.20. The van der Waals surface area contributed by atoms with Crippen molar-refractivity contribution in [3.05, 3.63) is 76.7 Å². The van der Waals surface area contributed by atoms with Crippen LogP contribution in [0.3, 0.4) is 0 Å². The third-order valence-corrected chi connectivity index (χ3v) is 4.77. The second kappa shape index (κ2) is 5.55. The fourth-order valence-corrected chi connectivity index (χ4v) is 3.77. The smallest absolute Gasteiger partial charge is 0.00852 e. The van der Waals surface area contributed by atoms with Gasteiger partial charge < -0.3 is 0 Å². The van der Waals surface area contributed by atoms with Crippen LogP contribution in [0.5, 0.6) is 0 Å². The molecule has 19 heavy (non-hydrogen) atoms. The molecule has 0 saturated carbocycles. The van der Waals surface area contributed by atoms with Crippen molar-refractivity contribution < 1.29 is 0 Å². The maximum Gasteiger partial charge on any atom is -0.00852 e. The van der Waals surface area contributed by atoms with E-state index in [1.165, 1.54) is 16.7 Å². The first-order valence-electron chi connectivity index (χ1n) is 6.28. The number of benzene rings is 1. The van der Waals surface area contributed by atoms with E-state index < -0.39 is 0 Å². The first-order chi connectivity index (χ1) is 9.10. The SMILES string of the molecule is C=CC(=C)/C(C=C)=C1\CPCc2ccc(=C)c(=C)c21. The molecule has 1 heteroatoms. The van der Waals surface area contributed by atoms with Crippen molar-refractivity contribution in [2.24, 2.45) is 0 Å². The average Bonchev–Trinajstić information content (AvgIpc) is 2.43. The summed E-state index contributed by atoms with van der Waals surface area (Å²) >= 11 is 0. The highest BCUT2D eigenvalue weighted by molar-refractivity contribution is 7.38. The molecule has 1 unspecified atom stereocenters. The van der Waals surface area contributed by atoms with E-state index in [0.29, 0.717) is 0 Å². The lowest BCUT2D eigenvalue weighted by atomic mass is 9.91. The number of fused-ring (bicyclic) bond motifs is 1. The third kappa shape index (κ3) is 2.41. The van der Waals surface area contributed by atoms with Gasteiger partial charge in [0, 0.05) is 0 Å². The summed E-state index contributed by atoms with van der Waals surface area (Å²) in [4.78, 5) is 0. The minimum Gasteiger partial charge on any atom is -0.113 e. The van der Waals surface area contributed by atoms with Crippen molar-refractivity contribution >= 4 is 27.3 Å². The van der Waals surface area contributed by atoms with Crippen LogP contribution in [0, 0.1) is 0 Å². The lowest BCUT2D eigenvalue weighted by molar-refractivity contribution is 1.28. The van der Waals surface area contributed by atoms with Crippen LogP contribution < -0.4 is 10.4 Å². The Balaban J connectivity index is 2.82. The topological polar surface area (TPSA) is 0 Å². The summed E-state index contributed by atoms with van der Waals surface area (Å²) in [5.41, 5.74) is 5.95. The van der Waals surface area contributed by atoms with Crippen molar-refractivity contribution in [1.29, 1.82) is 0 Å². The molecular formula is C18H19P. The minimum atomic E-state index is 0.903. The number of hydrogen-bond acceptors (Lipinski definition) is 0. The van der Waals surface area contributed by atoms with Crippen molar-refractivity contribution in [3.63, 3.8) is 0 Å². The predicted molar refractivity (Wildman–Crippen MR) is 90.1 cm³/mol. The zero-order valence-electron chi connectivity index (χ0n) is 11.3. The molecule has 0 N–H and O–H groups in total. The molecule has 0 amide bonds. The van der Waals surface area contributed by atoms with E-state index in [1.54, 1.807) is 6.08 Å². The van der Waals surface area contributed by atoms with Gasteiger partial charge in [0.1, 0.15) is 0 Å². The van der Waals surface area contributed by atoms with Gasteiger partial charge in [-0.25, -0.2) is 0 Å². The maximum absolute atomic E-state index is 4.20. The molecule has 0 fully saturated rings. The van der Waals surface area contributed by atoms with Gasteiger partial charge in [-0.15, -0.1) is 8.58 Å². The van der Waals surface area contributed by atoms with Gasteiger partial charge in [0.2, 0.25) is 0 Å². The monoisotopic (exact) mass is 266 g/mol. The molecular weight excluding hydrogens is 247 g/mol. The Hall–Kier alpha value is -1.65. The van der Waals surface area contributed by atoms with Crippen LogP contribution >= 0.6 is 8.58 Å². The molecule has 0 saturated heterocycles. The minimum absolute atomic E-state index is 0.903. The van der Waals surface area contributed by atoms with Gasteiger partial charge in [-0.1, -0.05) is 57.2 Å². The van der Waals surface area contributed by atoms with E-state index in [0.717, 1.165) is 42.5 Å². The van der Waals surface area contributed by atoms with E-state index in [1.807, 2.05) is 6.08 Å². The van der Waals surface area contributed by atoms with Crippen LogP contribution in [-0.4, -0.2) is 6.16 Å². The van der Waals surface area contributed by atoms with Crippen LogP contribution in [0.25, 0.3) is 18.7 Å². The molecule has 1 aliphatic rings. The van der Waals surface area contributed by atoms with Crippen LogP contribution in [0.15, 0.2) is 55.2 Å². The molecule has 0 aliphatic carbocycles. The molecule has 0 spiro atoms. The molecule has 1 atom stereocenters. The first-order valence-corrected chi connectivity index (χ1v) is 7.69. The number of hydrogen-bond donors (Lipinski definition) is 0. The molecule has 0 aromatic heterocycles. The van der Waals surface area contributed by atoms with Crippen LogP contribution in [0.2, 0.25) is 0 Å². The summed E-state index contributed by atoms with van der Waals surface area (Å²) < 4.78 is 0. The molecule has 96 valence electrons. The highest BCUT2D eigenvalue weighted by Gasteiger charge is 2.18. The van der Waals surface area contributed by atoms with Gasteiger partial charge in [-0.2, -0.15) is 0 Å². The van der Waals surface area contributed by atoms with E-state index >= 15 is 0 Å². The van der Waals surface area contributed by atoms with Gasteiger partial charge >= 0.3 is 0 Å².